The fourth-order valence-electron chi connectivity index (χ4n) is 3.17. The van der Waals surface area contributed by atoms with Gasteiger partial charge in [-0.3, -0.25) is 4.99 Å². The predicted molar refractivity (Wildman–Crippen MR) is 110 cm³/mol. The van der Waals surface area contributed by atoms with Crippen LogP contribution in [0.3, 0.4) is 0 Å². The SMILES string of the molecule is CCN(CCNC(=NC)NC1CC2CCC1O2)C(=O)OC(C)(C)C.I. The van der Waals surface area contributed by atoms with Gasteiger partial charge in [0, 0.05) is 26.7 Å². The van der Waals surface area contributed by atoms with E-state index in [4.69, 9.17) is 9.47 Å². The molecular formula is C17H33IN4O3. The molecule has 2 aliphatic heterocycles. The molecule has 8 heteroatoms. The molecule has 0 spiro atoms. The second-order valence-corrected chi connectivity index (χ2v) is 7.42. The molecule has 2 rings (SSSR count). The Kier molecular flexibility index (Phi) is 8.73. The van der Waals surface area contributed by atoms with Crippen LogP contribution in [0.25, 0.3) is 0 Å². The van der Waals surface area contributed by atoms with Crippen molar-refractivity contribution in [2.45, 2.75) is 70.8 Å². The number of amides is 1. The van der Waals surface area contributed by atoms with E-state index in [0.29, 0.717) is 37.9 Å². The molecule has 25 heavy (non-hydrogen) atoms. The number of carbonyl (C=O) groups excluding carboxylic acids is 1. The van der Waals surface area contributed by atoms with Gasteiger partial charge in [-0.1, -0.05) is 0 Å². The Morgan fingerprint density at radius 2 is 2.08 bits per heavy atom. The van der Waals surface area contributed by atoms with Gasteiger partial charge >= 0.3 is 6.09 Å². The number of ether oxygens (including phenoxy) is 2. The number of rotatable bonds is 5. The summed E-state index contributed by atoms with van der Waals surface area (Å²) in [4.78, 5) is 18.1. The Labute approximate surface area is 168 Å². The minimum absolute atomic E-state index is 0. The standard InChI is InChI=1S/C17H32N4O3.HI/c1-6-21(16(22)24-17(2,3)4)10-9-19-15(18-5)20-13-11-12-7-8-14(13)23-12;/h12-14H,6-11H2,1-5H3,(H2,18,19,20);1H. The van der Waals surface area contributed by atoms with Crippen molar-refractivity contribution in [2.24, 2.45) is 4.99 Å². The van der Waals surface area contributed by atoms with Crippen molar-refractivity contribution >= 4 is 36.0 Å². The van der Waals surface area contributed by atoms with Crippen LogP contribution in [0.15, 0.2) is 4.99 Å². The molecular weight excluding hydrogens is 435 g/mol. The highest BCUT2D eigenvalue weighted by Crippen LogP contribution is 2.34. The molecule has 2 saturated heterocycles. The lowest BCUT2D eigenvalue weighted by Gasteiger charge is -2.27. The monoisotopic (exact) mass is 468 g/mol. The van der Waals surface area contributed by atoms with Crippen molar-refractivity contribution in [3.05, 3.63) is 0 Å². The number of hydrogen-bond acceptors (Lipinski definition) is 4. The number of likely N-dealkylation sites (N-methyl/N-ethyl adjacent to an activating group) is 1. The number of carbonyl (C=O) groups is 1. The molecule has 0 aliphatic carbocycles. The fourth-order valence-corrected chi connectivity index (χ4v) is 3.17. The van der Waals surface area contributed by atoms with Crippen LogP contribution in [0.4, 0.5) is 4.79 Å². The molecule has 7 nitrogen and oxygen atoms in total. The lowest BCUT2D eigenvalue weighted by molar-refractivity contribution is 0.0264. The third-order valence-corrected chi connectivity index (χ3v) is 4.36. The zero-order valence-corrected chi connectivity index (χ0v) is 18.3. The van der Waals surface area contributed by atoms with Gasteiger partial charge in [-0.2, -0.15) is 0 Å². The van der Waals surface area contributed by atoms with E-state index in [-0.39, 0.29) is 30.1 Å². The molecule has 2 N–H and O–H groups in total. The van der Waals surface area contributed by atoms with E-state index in [1.807, 2.05) is 27.7 Å². The van der Waals surface area contributed by atoms with Crippen molar-refractivity contribution in [2.75, 3.05) is 26.7 Å². The van der Waals surface area contributed by atoms with E-state index in [2.05, 4.69) is 15.6 Å². The van der Waals surface area contributed by atoms with Crippen molar-refractivity contribution < 1.29 is 14.3 Å². The van der Waals surface area contributed by atoms with E-state index < -0.39 is 5.60 Å². The third-order valence-electron chi connectivity index (χ3n) is 4.36. The molecule has 0 radical (unpaired) electrons. The zero-order valence-electron chi connectivity index (χ0n) is 16.0. The van der Waals surface area contributed by atoms with E-state index in [9.17, 15) is 4.79 Å². The number of guanidine groups is 1. The lowest BCUT2D eigenvalue weighted by Crippen LogP contribution is -2.49. The number of halogens is 1. The Hall–Kier alpha value is -0.770. The Bertz CT molecular complexity index is 467. The summed E-state index contributed by atoms with van der Waals surface area (Å²) in [5.41, 5.74) is -0.475. The number of nitrogens with one attached hydrogen (secondary N) is 2. The average molecular weight is 468 g/mol. The maximum absolute atomic E-state index is 12.1. The topological polar surface area (TPSA) is 75.2 Å². The van der Waals surface area contributed by atoms with Crippen LogP contribution < -0.4 is 10.6 Å². The van der Waals surface area contributed by atoms with Crippen molar-refractivity contribution in [3.63, 3.8) is 0 Å². The quantitative estimate of drug-likeness (QED) is 0.368. The molecule has 0 aromatic carbocycles. The van der Waals surface area contributed by atoms with Crippen molar-refractivity contribution in [1.82, 2.24) is 15.5 Å². The molecule has 1 amide bonds. The second-order valence-electron chi connectivity index (χ2n) is 7.42. The Balaban J connectivity index is 0.00000312. The maximum atomic E-state index is 12.1. The largest absolute Gasteiger partial charge is 0.444 e. The number of nitrogens with zero attached hydrogens (tertiary/aromatic N) is 2. The summed E-state index contributed by atoms with van der Waals surface area (Å²) in [5.74, 6) is 0.761. The molecule has 0 aromatic rings. The molecule has 146 valence electrons. The van der Waals surface area contributed by atoms with E-state index in [0.717, 1.165) is 18.8 Å². The van der Waals surface area contributed by atoms with Crippen LogP contribution in [-0.4, -0.2) is 67.5 Å². The number of hydrogen-bond donors (Lipinski definition) is 2. The van der Waals surface area contributed by atoms with Crippen LogP contribution in [-0.2, 0) is 9.47 Å². The molecule has 0 saturated carbocycles. The first kappa shape index (κ1) is 22.3. The molecule has 0 aromatic heterocycles. The van der Waals surface area contributed by atoms with Crippen LogP contribution in [0.5, 0.6) is 0 Å². The number of aliphatic imine (C=N–C) groups is 1. The van der Waals surface area contributed by atoms with Crippen LogP contribution in [0, 0.1) is 0 Å². The fraction of sp³-hybridized carbons (Fsp3) is 0.882. The highest BCUT2D eigenvalue weighted by molar-refractivity contribution is 14.0. The summed E-state index contributed by atoms with van der Waals surface area (Å²) in [6.07, 6.45) is 3.79. The van der Waals surface area contributed by atoms with Gasteiger partial charge in [0.25, 0.3) is 0 Å². The summed E-state index contributed by atoms with van der Waals surface area (Å²) >= 11 is 0. The number of fused-ring (bicyclic) bond motifs is 2. The van der Waals surface area contributed by atoms with Crippen molar-refractivity contribution in [3.8, 4) is 0 Å². The molecule has 2 bridgehead atoms. The summed E-state index contributed by atoms with van der Waals surface area (Å²) < 4.78 is 11.3. The predicted octanol–water partition coefficient (Wildman–Crippen LogP) is 2.35. The second kappa shape index (κ2) is 9.80. The molecule has 2 heterocycles. The first-order valence-electron chi connectivity index (χ1n) is 8.93. The first-order valence-corrected chi connectivity index (χ1v) is 8.93. The van der Waals surface area contributed by atoms with Gasteiger partial charge in [0.15, 0.2) is 5.96 Å². The van der Waals surface area contributed by atoms with Gasteiger partial charge in [0.05, 0.1) is 18.2 Å². The van der Waals surface area contributed by atoms with Gasteiger partial charge in [-0.25, -0.2) is 4.79 Å². The molecule has 2 aliphatic rings. The molecule has 3 atom stereocenters. The Morgan fingerprint density at radius 3 is 2.56 bits per heavy atom. The van der Waals surface area contributed by atoms with E-state index >= 15 is 0 Å². The normalized spacial score (nSPS) is 25.3. The van der Waals surface area contributed by atoms with Gasteiger partial charge in [-0.15, -0.1) is 24.0 Å². The third kappa shape index (κ3) is 6.80. The highest BCUT2D eigenvalue weighted by atomic mass is 127. The van der Waals surface area contributed by atoms with Crippen molar-refractivity contribution in [1.29, 1.82) is 0 Å². The maximum Gasteiger partial charge on any atom is 0.410 e. The summed E-state index contributed by atoms with van der Waals surface area (Å²) in [6, 6.07) is 0.336. The molecule has 2 fully saturated rings. The van der Waals surface area contributed by atoms with Gasteiger partial charge in [0.2, 0.25) is 0 Å². The lowest BCUT2D eigenvalue weighted by atomic mass is 9.96. The van der Waals surface area contributed by atoms with Gasteiger partial charge in [-0.05, 0) is 47.0 Å². The minimum Gasteiger partial charge on any atom is -0.444 e. The van der Waals surface area contributed by atoms with E-state index in [1.54, 1.807) is 11.9 Å². The molecule has 3 unspecified atom stereocenters. The zero-order chi connectivity index (χ0) is 17.7. The minimum atomic E-state index is -0.475. The summed E-state index contributed by atoms with van der Waals surface area (Å²) in [6.45, 7) is 9.38. The van der Waals surface area contributed by atoms with E-state index in [1.165, 1.54) is 6.42 Å². The first-order chi connectivity index (χ1) is 11.3. The summed E-state index contributed by atoms with van der Waals surface area (Å²) in [5, 5.41) is 6.71. The Morgan fingerprint density at radius 1 is 1.36 bits per heavy atom. The van der Waals surface area contributed by atoms with Crippen LogP contribution in [0.2, 0.25) is 0 Å². The highest BCUT2D eigenvalue weighted by Gasteiger charge is 2.41. The van der Waals surface area contributed by atoms with Crippen LogP contribution in [0.1, 0.15) is 47.0 Å². The van der Waals surface area contributed by atoms with Crippen LogP contribution >= 0.6 is 24.0 Å². The van der Waals surface area contributed by atoms with Gasteiger partial charge < -0.3 is 25.0 Å². The van der Waals surface area contributed by atoms with Gasteiger partial charge in [0.1, 0.15) is 5.60 Å². The smallest absolute Gasteiger partial charge is 0.410 e. The summed E-state index contributed by atoms with van der Waals surface area (Å²) in [7, 11) is 1.76. The average Bonchev–Trinajstić information content (AvgIpc) is 3.11.